The van der Waals surface area contributed by atoms with Gasteiger partial charge in [-0.3, -0.25) is 0 Å². The van der Waals surface area contributed by atoms with E-state index in [4.69, 9.17) is 19.8 Å². The van der Waals surface area contributed by atoms with Gasteiger partial charge in [0.15, 0.2) is 0 Å². The van der Waals surface area contributed by atoms with Gasteiger partial charge in [-0.15, -0.1) is 0 Å². The van der Waals surface area contributed by atoms with Gasteiger partial charge < -0.3 is 10.2 Å². The molecule has 0 aromatic heterocycles. The van der Waals surface area contributed by atoms with Crippen molar-refractivity contribution in [2.24, 2.45) is 0 Å². The van der Waals surface area contributed by atoms with E-state index < -0.39 is 10.9 Å². The second-order valence-electron chi connectivity index (χ2n) is 3.52. The molecule has 0 unspecified atom stereocenters. The number of halogens is 2. The molecule has 0 aliphatic carbocycles. The highest BCUT2D eigenvalue weighted by molar-refractivity contribution is 6.60. The van der Waals surface area contributed by atoms with Crippen LogP contribution in [0.1, 0.15) is 20.3 Å². The number of rotatable bonds is 0. The van der Waals surface area contributed by atoms with Gasteiger partial charge in [0.05, 0.1) is 0 Å². The number of hydrogen-bond donors (Lipinski definition) is 2. The van der Waals surface area contributed by atoms with Crippen LogP contribution in [0, 0.1) is 0 Å². The molecule has 0 aliphatic heterocycles. The Hall–Kier alpha value is -2.04. The van der Waals surface area contributed by atoms with Crippen LogP contribution in [0.15, 0.2) is 72.8 Å². The van der Waals surface area contributed by atoms with Crippen molar-refractivity contribution in [2.45, 2.75) is 20.3 Å². The summed E-state index contributed by atoms with van der Waals surface area (Å²) in [7, 11) is 0. The molecule has 0 spiro atoms. The number of hydrogen-bond acceptors (Lipinski definition) is 2. The Morgan fingerprint density at radius 3 is 0.696 bits per heavy atom. The zero-order valence-corrected chi connectivity index (χ0v) is 14.6. The molecule has 4 nitrogen and oxygen atoms in total. The van der Waals surface area contributed by atoms with Gasteiger partial charge in [-0.25, -0.2) is 9.59 Å². The van der Waals surface area contributed by atoms with Crippen LogP contribution in [0.5, 0.6) is 0 Å². The van der Waals surface area contributed by atoms with Crippen LogP contribution >= 0.6 is 23.2 Å². The number of carboxylic acid groups (broad SMARTS) is 2. The zero-order chi connectivity index (χ0) is 18.3. The maximum absolute atomic E-state index is 8.77. The normalized spacial score (nSPS) is 7.13. The molecule has 0 aliphatic rings. The van der Waals surface area contributed by atoms with E-state index in [9.17, 15) is 0 Å². The zero-order valence-electron chi connectivity index (χ0n) is 13.1. The maximum Gasteiger partial charge on any atom is 0.401 e. The average molecular weight is 361 g/mol. The Kier molecular flexibility index (Phi) is 28.1. The third-order valence-electron chi connectivity index (χ3n) is 1.33. The van der Waals surface area contributed by atoms with Gasteiger partial charge in [0.1, 0.15) is 0 Å². The summed E-state index contributed by atoms with van der Waals surface area (Å²) >= 11 is 8.38. The van der Waals surface area contributed by atoms with Gasteiger partial charge in [-0.2, -0.15) is 0 Å². The summed E-state index contributed by atoms with van der Waals surface area (Å²) in [5.74, 6) is 0. The molecule has 2 aromatic carbocycles. The first-order valence-corrected chi connectivity index (χ1v) is 7.40. The SMILES string of the molecule is CCC.O=C(O)Cl.O=C(O)Cl.c1ccccc1.c1ccccc1. The fourth-order valence-electron chi connectivity index (χ4n) is 0.770. The molecule has 0 fully saturated rings. The molecule has 128 valence electrons. The van der Waals surface area contributed by atoms with Crippen LogP contribution in [-0.4, -0.2) is 21.1 Å². The lowest BCUT2D eigenvalue weighted by Gasteiger charge is -1.69. The van der Waals surface area contributed by atoms with Crippen LogP contribution in [-0.2, 0) is 0 Å². The third-order valence-corrected chi connectivity index (χ3v) is 1.33. The van der Waals surface area contributed by atoms with Crippen molar-refractivity contribution in [2.75, 3.05) is 0 Å². The van der Waals surface area contributed by atoms with E-state index in [-0.39, 0.29) is 0 Å². The van der Waals surface area contributed by atoms with Crippen molar-refractivity contribution in [3.63, 3.8) is 0 Å². The summed E-state index contributed by atoms with van der Waals surface area (Å²) in [6.07, 6.45) is 1.25. The van der Waals surface area contributed by atoms with Gasteiger partial charge in [-0.05, 0) is 0 Å². The first-order chi connectivity index (χ1) is 10.9. The monoisotopic (exact) mass is 360 g/mol. The second-order valence-corrected chi connectivity index (χ2v) is 4.17. The summed E-state index contributed by atoms with van der Waals surface area (Å²) in [5.41, 5.74) is -2.72. The molecule has 6 heteroatoms. The number of carbonyl (C=O) groups is 2. The summed E-state index contributed by atoms with van der Waals surface area (Å²) in [4.78, 5) is 17.5. The van der Waals surface area contributed by atoms with Gasteiger partial charge in [-0.1, -0.05) is 93.1 Å². The largest absolute Gasteiger partial charge is 0.469 e. The lowest BCUT2D eigenvalue weighted by Crippen LogP contribution is -1.66. The van der Waals surface area contributed by atoms with E-state index in [1.54, 1.807) is 0 Å². The van der Waals surface area contributed by atoms with Crippen molar-refractivity contribution in [1.82, 2.24) is 0 Å². The van der Waals surface area contributed by atoms with Crippen molar-refractivity contribution < 1.29 is 19.8 Å². The van der Waals surface area contributed by atoms with Gasteiger partial charge in [0, 0.05) is 23.2 Å². The molecule has 23 heavy (non-hydrogen) atoms. The summed E-state index contributed by atoms with van der Waals surface area (Å²) < 4.78 is 0. The van der Waals surface area contributed by atoms with Crippen molar-refractivity contribution in [3.8, 4) is 0 Å². The Labute approximate surface area is 147 Å². The van der Waals surface area contributed by atoms with Crippen LogP contribution in [0.2, 0.25) is 0 Å². The lowest BCUT2D eigenvalue weighted by molar-refractivity contribution is 0.219. The second kappa shape index (κ2) is 24.9. The minimum absolute atomic E-state index is 1.25. The molecule has 0 saturated heterocycles. The fraction of sp³-hybridized carbons (Fsp3) is 0.176. The van der Waals surface area contributed by atoms with Crippen LogP contribution in [0.4, 0.5) is 9.59 Å². The summed E-state index contributed by atoms with van der Waals surface area (Å²) in [5, 5.41) is 14.4. The third kappa shape index (κ3) is 64.9. The average Bonchev–Trinajstić information content (AvgIpc) is 2.51. The molecule has 2 aromatic rings. The van der Waals surface area contributed by atoms with E-state index in [1.165, 1.54) is 6.42 Å². The molecule has 0 saturated carbocycles. The van der Waals surface area contributed by atoms with Crippen molar-refractivity contribution in [1.29, 1.82) is 0 Å². The molecule has 0 amide bonds. The topological polar surface area (TPSA) is 74.6 Å². The molecular formula is C17H22Cl2O4. The van der Waals surface area contributed by atoms with E-state index in [1.807, 2.05) is 72.8 Å². The van der Waals surface area contributed by atoms with Crippen molar-refractivity contribution >= 4 is 34.1 Å². The van der Waals surface area contributed by atoms with Crippen LogP contribution in [0.3, 0.4) is 0 Å². The highest BCUT2D eigenvalue weighted by atomic mass is 35.5. The molecule has 2 N–H and O–H groups in total. The molecule has 2 rings (SSSR count). The Bertz CT molecular complexity index is 346. The smallest absolute Gasteiger partial charge is 0.401 e. The highest BCUT2D eigenvalue weighted by Gasteiger charge is 1.71. The first-order valence-electron chi connectivity index (χ1n) is 6.65. The van der Waals surface area contributed by atoms with E-state index in [2.05, 4.69) is 37.0 Å². The minimum atomic E-state index is -1.36. The highest BCUT2D eigenvalue weighted by Crippen LogP contribution is 1.80. The molecule has 0 radical (unpaired) electrons. The standard InChI is InChI=1S/2C6H6.C3H8.2CHClO2/c2*1-2-4-6-5-3-1;1-3-2;2*2-1(3)4/h2*1-6H;3H2,1-2H3;2*(H,3,4). The van der Waals surface area contributed by atoms with Crippen molar-refractivity contribution in [3.05, 3.63) is 72.8 Å². The summed E-state index contributed by atoms with van der Waals surface area (Å²) in [6, 6.07) is 24.0. The Balaban J connectivity index is -0.000000224. The lowest BCUT2D eigenvalue weighted by atomic mass is 10.4. The first kappa shape index (κ1) is 25.9. The quantitative estimate of drug-likeness (QED) is 0.519. The van der Waals surface area contributed by atoms with Crippen LogP contribution < -0.4 is 0 Å². The summed E-state index contributed by atoms with van der Waals surface area (Å²) in [6.45, 7) is 4.25. The predicted octanol–water partition coefficient (Wildman–Crippen LogP) is 6.60. The molecule has 0 heterocycles. The minimum Gasteiger partial charge on any atom is -0.469 e. The Morgan fingerprint density at radius 1 is 0.609 bits per heavy atom. The Morgan fingerprint density at radius 2 is 0.652 bits per heavy atom. The fourth-order valence-corrected chi connectivity index (χ4v) is 0.770. The molecular weight excluding hydrogens is 339 g/mol. The van der Waals surface area contributed by atoms with E-state index >= 15 is 0 Å². The van der Waals surface area contributed by atoms with Gasteiger partial charge in [0.25, 0.3) is 0 Å². The van der Waals surface area contributed by atoms with Gasteiger partial charge >= 0.3 is 10.9 Å². The molecule has 0 atom stereocenters. The maximum atomic E-state index is 8.77. The van der Waals surface area contributed by atoms with Crippen LogP contribution in [0.25, 0.3) is 0 Å². The molecule has 0 bridgehead atoms. The van der Waals surface area contributed by atoms with E-state index in [0.29, 0.717) is 0 Å². The van der Waals surface area contributed by atoms with E-state index in [0.717, 1.165) is 0 Å². The predicted molar refractivity (Wildman–Crippen MR) is 96.6 cm³/mol. The number of benzene rings is 2. The van der Waals surface area contributed by atoms with Gasteiger partial charge in [0.2, 0.25) is 0 Å².